The summed E-state index contributed by atoms with van der Waals surface area (Å²) < 4.78 is 10.2. The molecule has 0 N–H and O–H groups in total. The van der Waals surface area contributed by atoms with Crippen molar-refractivity contribution in [3.8, 4) is 11.5 Å². The Morgan fingerprint density at radius 2 is 1.71 bits per heavy atom. The molecule has 2 aromatic carbocycles. The molecule has 8 heteroatoms. The van der Waals surface area contributed by atoms with Gasteiger partial charge in [0.25, 0.3) is 5.09 Å². The largest absolute Gasteiger partial charge is 0.426 e. The maximum absolute atomic E-state index is 12.2. The van der Waals surface area contributed by atoms with Crippen LogP contribution in [-0.4, -0.2) is 17.0 Å². The molecular weight excluding hydrogens is 318 g/mol. The van der Waals surface area contributed by atoms with E-state index in [1.807, 2.05) is 0 Å². The van der Waals surface area contributed by atoms with Gasteiger partial charge in [0.2, 0.25) is 0 Å². The summed E-state index contributed by atoms with van der Waals surface area (Å²) in [7, 11) is 0. The lowest BCUT2D eigenvalue weighted by Crippen LogP contribution is -2.12. The van der Waals surface area contributed by atoms with Gasteiger partial charge in [-0.1, -0.05) is 24.3 Å². The van der Waals surface area contributed by atoms with Crippen molar-refractivity contribution < 1.29 is 29.0 Å². The zero-order valence-electron chi connectivity index (χ0n) is 12.6. The second kappa shape index (κ2) is 7.73. The van der Waals surface area contributed by atoms with Gasteiger partial charge in [-0.2, -0.15) is 0 Å². The molecule has 0 saturated heterocycles. The fraction of sp³-hybridized carbons (Fsp3) is 0.125. The Morgan fingerprint density at radius 1 is 1.04 bits per heavy atom. The van der Waals surface area contributed by atoms with E-state index in [1.165, 1.54) is 43.3 Å². The summed E-state index contributed by atoms with van der Waals surface area (Å²) in [6, 6.07) is 12.2. The number of para-hydroxylation sites is 1. The van der Waals surface area contributed by atoms with E-state index >= 15 is 0 Å². The molecule has 0 fully saturated rings. The number of carbonyl (C=O) groups excluding carboxylic acids is 2. The zero-order valence-corrected chi connectivity index (χ0v) is 12.6. The van der Waals surface area contributed by atoms with Crippen LogP contribution < -0.4 is 9.47 Å². The maximum Gasteiger partial charge on any atom is 0.347 e. The van der Waals surface area contributed by atoms with Crippen molar-refractivity contribution in [2.75, 3.05) is 0 Å². The summed E-state index contributed by atoms with van der Waals surface area (Å²) in [5.74, 6) is -0.903. The van der Waals surface area contributed by atoms with Crippen molar-refractivity contribution in [1.82, 2.24) is 0 Å². The lowest BCUT2D eigenvalue weighted by Gasteiger charge is -2.09. The number of rotatable bonds is 6. The number of nitrogens with zero attached hydrogens (tertiary/aromatic N) is 1. The molecule has 2 rings (SSSR count). The summed E-state index contributed by atoms with van der Waals surface area (Å²) >= 11 is 0. The molecule has 0 atom stereocenters. The molecule has 0 bridgehead atoms. The number of benzene rings is 2. The quantitative estimate of drug-likeness (QED) is 0.346. The van der Waals surface area contributed by atoms with E-state index < -0.39 is 17.0 Å². The van der Waals surface area contributed by atoms with Crippen LogP contribution in [0.1, 0.15) is 22.8 Å². The van der Waals surface area contributed by atoms with Crippen LogP contribution in [0.3, 0.4) is 0 Å². The molecule has 0 heterocycles. The van der Waals surface area contributed by atoms with Gasteiger partial charge in [-0.25, -0.2) is 4.79 Å². The van der Waals surface area contributed by atoms with Gasteiger partial charge in [-0.15, -0.1) is 10.1 Å². The first kappa shape index (κ1) is 16.9. The summed E-state index contributed by atoms with van der Waals surface area (Å²) in [5.41, 5.74) is 0.653. The Hall–Kier alpha value is -3.42. The van der Waals surface area contributed by atoms with Crippen LogP contribution in [0.5, 0.6) is 11.5 Å². The minimum atomic E-state index is -0.889. The van der Waals surface area contributed by atoms with Gasteiger partial charge in [0, 0.05) is 6.92 Å². The van der Waals surface area contributed by atoms with Crippen molar-refractivity contribution >= 4 is 11.9 Å². The average Bonchev–Trinajstić information content (AvgIpc) is 2.54. The van der Waals surface area contributed by atoms with Crippen LogP contribution >= 0.6 is 0 Å². The predicted octanol–water partition coefficient (Wildman–Crippen LogP) is 2.54. The molecule has 124 valence electrons. The van der Waals surface area contributed by atoms with Gasteiger partial charge < -0.3 is 14.3 Å². The monoisotopic (exact) mass is 331 g/mol. The normalized spacial score (nSPS) is 9.88. The van der Waals surface area contributed by atoms with Crippen molar-refractivity contribution in [1.29, 1.82) is 0 Å². The maximum atomic E-state index is 12.2. The molecule has 8 nitrogen and oxygen atoms in total. The third-order valence-corrected chi connectivity index (χ3v) is 2.83. The third-order valence-electron chi connectivity index (χ3n) is 2.83. The van der Waals surface area contributed by atoms with Crippen molar-refractivity contribution in [3.63, 3.8) is 0 Å². The highest BCUT2D eigenvalue weighted by molar-refractivity contribution is 5.94. The zero-order chi connectivity index (χ0) is 17.5. The first-order valence-electron chi connectivity index (χ1n) is 6.81. The first-order chi connectivity index (χ1) is 11.5. The fourth-order valence-electron chi connectivity index (χ4n) is 1.82. The number of carbonyl (C=O) groups is 2. The first-order valence-corrected chi connectivity index (χ1v) is 6.81. The molecule has 0 spiro atoms. The predicted molar refractivity (Wildman–Crippen MR) is 80.9 cm³/mol. The molecule has 24 heavy (non-hydrogen) atoms. The highest BCUT2D eigenvalue weighted by Crippen LogP contribution is 2.21. The summed E-state index contributed by atoms with van der Waals surface area (Å²) in [4.78, 5) is 37.6. The fourth-order valence-corrected chi connectivity index (χ4v) is 1.82. The molecule has 0 radical (unpaired) electrons. The molecule has 0 aromatic heterocycles. The molecular formula is C16H13NO7. The lowest BCUT2D eigenvalue weighted by molar-refractivity contribution is -0.763. The van der Waals surface area contributed by atoms with Crippen molar-refractivity contribution in [2.45, 2.75) is 13.5 Å². The second-order valence-electron chi connectivity index (χ2n) is 4.62. The van der Waals surface area contributed by atoms with Gasteiger partial charge in [0.05, 0.1) is 0 Å². The average molecular weight is 331 g/mol. The van der Waals surface area contributed by atoms with Crippen LogP contribution in [0.4, 0.5) is 0 Å². The summed E-state index contributed by atoms with van der Waals surface area (Å²) in [6.45, 7) is 1.03. The van der Waals surface area contributed by atoms with Crippen molar-refractivity contribution in [2.24, 2.45) is 0 Å². The standard InChI is InChI=1S/C16H13NO7/c1-11(18)23-15-5-3-2-4-14(15)16(19)24-13-8-6-12(7-9-13)10-22-17(20)21/h2-9H,10H2,1H3. The number of esters is 2. The molecule has 0 saturated carbocycles. The van der Waals surface area contributed by atoms with Gasteiger partial charge in [-0.05, 0) is 29.8 Å². The lowest BCUT2D eigenvalue weighted by atomic mass is 10.2. The third kappa shape index (κ3) is 4.80. The van der Waals surface area contributed by atoms with E-state index in [4.69, 9.17) is 9.47 Å². The Kier molecular flexibility index (Phi) is 5.45. The van der Waals surface area contributed by atoms with E-state index in [0.717, 1.165) is 0 Å². The van der Waals surface area contributed by atoms with E-state index in [2.05, 4.69) is 4.84 Å². The topological polar surface area (TPSA) is 105 Å². The number of hydrogen-bond acceptors (Lipinski definition) is 7. The second-order valence-corrected chi connectivity index (χ2v) is 4.62. The SMILES string of the molecule is CC(=O)Oc1ccccc1C(=O)Oc1ccc(CO[N+](=O)[O-])cc1. The van der Waals surface area contributed by atoms with Gasteiger partial charge in [0.15, 0.2) is 0 Å². The number of ether oxygens (including phenoxy) is 2. The van der Waals surface area contributed by atoms with Gasteiger partial charge >= 0.3 is 11.9 Å². The van der Waals surface area contributed by atoms with Crippen LogP contribution in [0.15, 0.2) is 48.5 Å². The highest BCUT2D eigenvalue weighted by Gasteiger charge is 2.15. The molecule has 2 aromatic rings. The molecule has 0 aliphatic carbocycles. The van der Waals surface area contributed by atoms with E-state index in [-0.39, 0.29) is 23.7 Å². The minimum Gasteiger partial charge on any atom is -0.426 e. The van der Waals surface area contributed by atoms with Gasteiger partial charge in [0.1, 0.15) is 23.7 Å². The Labute approximate surface area is 136 Å². The van der Waals surface area contributed by atoms with E-state index in [1.54, 1.807) is 12.1 Å². The van der Waals surface area contributed by atoms with Gasteiger partial charge in [-0.3, -0.25) is 4.79 Å². The highest BCUT2D eigenvalue weighted by atomic mass is 16.9. The molecule has 0 amide bonds. The summed E-state index contributed by atoms with van der Waals surface area (Å²) in [5, 5.41) is 9.24. The Morgan fingerprint density at radius 3 is 2.33 bits per heavy atom. The van der Waals surface area contributed by atoms with Crippen LogP contribution in [-0.2, 0) is 16.2 Å². The molecule has 0 aliphatic heterocycles. The smallest absolute Gasteiger partial charge is 0.347 e. The van der Waals surface area contributed by atoms with E-state index in [0.29, 0.717) is 5.56 Å². The molecule has 0 unspecified atom stereocenters. The summed E-state index contributed by atoms with van der Waals surface area (Å²) in [6.07, 6.45) is 0. The van der Waals surface area contributed by atoms with Crippen molar-refractivity contribution in [3.05, 3.63) is 69.8 Å². The Bertz CT molecular complexity index is 755. The molecule has 0 aliphatic rings. The minimum absolute atomic E-state index is 0.103. The van der Waals surface area contributed by atoms with E-state index in [9.17, 15) is 19.7 Å². The number of hydrogen-bond donors (Lipinski definition) is 0. The van der Waals surface area contributed by atoms with Crippen LogP contribution in [0, 0.1) is 10.1 Å². The van der Waals surface area contributed by atoms with Crippen LogP contribution in [0.2, 0.25) is 0 Å². The van der Waals surface area contributed by atoms with Crippen LogP contribution in [0.25, 0.3) is 0 Å². The Balaban J connectivity index is 2.07.